The number of carbonyl (C=O) groups excluding carboxylic acids is 2. The van der Waals surface area contributed by atoms with E-state index in [9.17, 15) is 9.59 Å². The molecule has 0 fully saturated rings. The summed E-state index contributed by atoms with van der Waals surface area (Å²) in [7, 11) is 0. The van der Waals surface area contributed by atoms with Gasteiger partial charge in [-0.15, -0.1) is 0 Å². The van der Waals surface area contributed by atoms with E-state index >= 15 is 0 Å². The van der Waals surface area contributed by atoms with Crippen LogP contribution in [-0.4, -0.2) is 24.6 Å². The molecule has 11 heavy (non-hydrogen) atoms. The number of amides is 2. The second kappa shape index (κ2) is 5.18. The van der Waals surface area contributed by atoms with Crippen LogP contribution in [0.5, 0.6) is 0 Å². The Bertz CT molecular complexity index is 177. The molecule has 0 unspecified atom stereocenters. The van der Waals surface area contributed by atoms with Crippen LogP contribution < -0.4 is 22.4 Å². The van der Waals surface area contributed by atoms with E-state index in [1.165, 1.54) is 0 Å². The van der Waals surface area contributed by atoms with E-state index in [4.69, 9.17) is 5.84 Å². The van der Waals surface area contributed by atoms with Gasteiger partial charge in [0, 0.05) is 0 Å². The highest BCUT2D eigenvalue weighted by molar-refractivity contribution is 6.26. The molecule has 0 aliphatic heterocycles. The fourth-order valence-electron chi connectivity index (χ4n) is 0.332. The van der Waals surface area contributed by atoms with Crippen LogP contribution in [-0.2, 0) is 9.59 Å². The first kappa shape index (κ1) is 9.37. The predicted molar refractivity (Wildman–Crippen MR) is 38.0 cm³/mol. The molecule has 0 heterocycles. The molecule has 0 rings (SSSR count). The molecule has 0 aromatic rings. The van der Waals surface area contributed by atoms with Gasteiger partial charge in [0.25, 0.3) is 11.8 Å². The summed E-state index contributed by atoms with van der Waals surface area (Å²) >= 11 is 0. The van der Waals surface area contributed by atoms with E-state index in [0.717, 1.165) is 6.21 Å². The molecule has 6 N–H and O–H groups in total. The molecule has 0 radical (unpaired) electrons. The van der Waals surface area contributed by atoms with Crippen molar-refractivity contribution >= 4 is 18.0 Å². The maximum Gasteiger partial charge on any atom is 0.264 e. The second-order valence-corrected chi connectivity index (χ2v) is 1.56. The van der Waals surface area contributed by atoms with Crippen molar-refractivity contribution in [1.29, 1.82) is 0 Å². The van der Waals surface area contributed by atoms with Crippen LogP contribution in [0, 0.1) is 0 Å². The Morgan fingerprint density at radius 1 is 1.55 bits per heavy atom. The van der Waals surface area contributed by atoms with Gasteiger partial charge in [-0.1, -0.05) is 0 Å². The molecule has 0 aromatic carbocycles. The number of nitrogens with two attached hydrogens (primary N) is 2. The van der Waals surface area contributed by atoms with Crippen LogP contribution >= 0.6 is 0 Å². The van der Waals surface area contributed by atoms with E-state index in [2.05, 4.69) is 16.3 Å². The lowest BCUT2D eigenvalue weighted by Crippen LogP contribution is -2.40. The zero-order valence-corrected chi connectivity index (χ0v) is 5.70. The van der Waals surface area contributed by atoms with E-state index < -0.39 is 11.8 Å². The van der Waals surface area contributed by atoms with Crippen LogP contribution in [0.25, 0.3) is 0 Å². The zero-order valence-electron chi connectivity index (χ0n) is 5.70. The first-order valence-corrected chi connectivity index (χ1v) is 2.71. The second-order valence-electron chi connectivity index (χ2n) is 1.56. The molecular formula is C4H9N5O2. The Morgan fingerprint density at radius 2 is 2.18 bits per heavy atom. The van der Waals surface area contributed by atoms with Crippen molar-refractivity contribution in [1.82, 2.24) is 10.7 Å². The van der Waals surface area contributed by atoms with Crippen LogP contribution in [0.15, 0.2) is 5.10 Å². The minimum atomic E-state index is -0.545. The third-order valence-electron chi connectivity index (χ3n) is 0.776. The normalized spacial score (nSPS) is 9.55. The van der Waals surface area contributed by atoms with Gasteiger partial charge in [-0.3, -0.25) is 15.0 Å². The summed E-state index contributed by atoms with van der Waals surface area (Å²) in [5.41, 5.74) is 1.83. The molecule has 0 bridgehead atoms. The van der Waals surface area contributed by atoms with Crippen LogP contribution in [0.3, 0.4) is 0 Å². The Morgan fingerprint density at radius 3 is 2.64 bits per heavy atom. The molecule has 0 atom stereocenters. The van der Waals surface area contributed by atoms with Crippen molar-refractivity contribution in [2.75, 3.05) is 6.54 Å². The topological polar surface area (TPSA) is 123 Å². The molecule has 0 aromatic heterocycles. The molecule has 62 valence electrons. The number of hydrogen-bond acceptors (Lipinski definition) is 5. The SMILES string of the molecule is NN=CC(=O)NCC(=O)NN. The van der Waals surface area contributed by atoms with Gasteiger partial charge < -0.3 is 11.2 Å². The van der Waals surface area contributed by atoms with Gasteiger partial charge >= 0.3 is 0 Å². The molecule has 0 saturated carbocycles. The highest BCUT2D eigenvalue weighted by Crippen LogP contribution is 1.60. The van der Waals surface area contributed by atoms with E-state index in [1.54, 1.807) is 0 Å². The molecule has 0 saturated heterocycles. The molecule has 7 nitrogen and oxygen atoms in total. The molecule has 0 aliphatic rings. The van der Waals surface area contributed by atoms with Crippen molar-refractivity contribution < 1.29 is 9.59 Å². The van der Waals surface area contributed by atoms with Gasteiger partial charge in [-0.25, -0.2) is 5.84 Å². The number of rotatable bonds is 3. The summed E-state index contributed by atoms with van der Waals surface area (Å²) in [4.78, 5) is 20.9. The fraction of sp³-hybridized carbons (Fsp3) is 0.250. The molecule has 7 heteroatoms. The number of nitrogens with one attached hydrogen (secondary N) is 2. The van der Waals surface area contributed by atoms with Gasteiger partial charge in [0.05, 0.1) is 6.54 Å². The highest BCUT2D eigenvalue weighted by atomic mass is 16.2. The number of carbonyl (C=O) groups is 2. The Balaban J connectivity index is 3.54. The summed E-state index contributed by atoms with van der Waals surface area (Å²) in [6.07, 6.45) is 0.851. The lowest BCUT2D eigenvalue weighted by atomic mass is 10.5. The Hall–Kier alpha value is -1.63. The minimum absolute atomic E-state index is 0.193. The lowest BCUT2D eigenvalue weighted by Gasteiger charge is -1.98. The van der Waals surface area contributed by atoms with Gasteiger partial charge in [0.1, 0.15) is 6.21 Å². The first-order valence-electron chi connectivity index (χ1n) is 2.71. The van der Waals surface area contributed by atoms with Crippen molar-refractivity contribution in [3.8, 4) is 0 Å². The van der Waals surface area contributed by atoms with Crippen molar-refractivity contribution in [3.63, 3.8) is 0 Å². The minimum Gasteiger partial charge on any atom is -0.342 e. The average molecular weight is 159 g/mol. The van der Waals surface area contributed by atoms with E-state index in [0.29, 0.717) is 0 Å². The van der Waals surface area contributed by atoms with Gasteiger partial charge in [-0.05, 0) is 0 Å². The zero-order chi connectivity index (χ0) is 8.69. The average Bonchev–Trinajstić information content (AvgIpc) is 2.01. The van der Waals surface area contributed by atoms with E-state index in [-0.39, 0.29) is 6.54 Å². The number of hydrazone groups is 1. The lowest BCUT2D eigenvalue weighted by molar-refractivity contribution is -0.123. The van der Waals surface area contributed by atoms with Gasteiger partial charge in [0.15, 0.2) is 0 Å². The summed E-state index contributed by atoms with van der Waals surface area (Å²) < 4.78 is 0. The predicted octanol–water partition coefficient (Wildman–Crippen LogP) is -2.96. The highest BCUT2D eigenvalue weighted by Gasteiger charge is 1.99. The summed E-state index contributed by atoms with van der Waals surface area (Å²) in [5.74, 6) is 8.33. The standard InChI is InChI=1S/C4H9N5O2/c5-8-2-3(10)7-1-4(11)9-6/h2H,1,5-6H2,(H,7,10)(H,9,11). The molecule has 2 amide bonds. The van der Waals surface area contributed by atoms with E-state index in [1.807, 2.05) is 5.43 Å². The maximum atomic E-state index is 10.5. The number of hydrazine groups is 1. The maximum absolute atomic E-state index is 10.5. The largest absolute Gasteiger partial charge is 0.342 e. The Labute approximate surface area is 62.8 Å². The Kier molecular flexibility index (Phi) is 4.41. The fourth-order valence-corrected chi connectivity index (χ4v) is 0.332. The van der Waals surface area contributed by atoms with Crippen LogP contribution in [0.1, 0.15) is 0 Å². The smallest absolute Gasteiger partial charge is 0.264 e. The monoisotopic (exact) mass is 159 g/mol. The van der Waals surface area contributed by atoms with Gasteiger partial charge in [-0.2, -0.15) is 5.10 Å². The van der Waals surface area contributed by atoms with Crippen LogP contribution in [0.4, 0.5) is 0 Å². The summed E-state index contributed by atoms with van der Waals surface area (Å²) in [6, 6.07) is 0. The third-order valence-corrected chi connectivity index (χ3v) is 0.776. The van der Waals surface area contributed by atoms with Crippen molar-refractivity contribution in [2.24, 2.45) is 16.8 Å². The first-order chi connectivity index (χ1) is 5.20. The third kappa shape index (κ3) is 4.85. The number of nitrogens with zero attached hydrogens (tertiary/aromatic N) is 1. The number of hydrogen-bond donors (Lipinski definition) is 4. The van der Waals surface area contributed by atoms with Crippen molar-refractivity contribution in [3.05, 3.63) is 0 Å². The van der Waals surface area contributed by atoms with Crippen LogP contribution in [0.2, 0.25) is 0 Å². The molecule has 0 aliphatic carbocycles. The quantitative estimate of drug-likeness (QED) is 0.152. The summed E-state index contributed by atoms with van der Waals surface area (Å²) in [5, 5.41) is 5.11. The molecule has 0 spiro atoms. The molecular weight excluding hydrogens is 150 g/mol. The van der Waals surface area contributed by atoms with Crippen molar-refractivity contribution in [2.45, 2.75) is 0 Å². The summed E-state index contributed by atoms with van der Waals surface area (Å²) in [6.45, 7) is -0.193. The van der Waals surface area contributed by atoms with Gasteiger partial charge in [0.2, 0.25) is 0 Å².